The van der Waals surface area contributed by atoms with Crippen molar-refractivity contribution in [3.8, 4) is 11.5 Å². The number of hydrogen-bond donors (Lipinski definition) is 1. The van der Waals surface area contributed by atoms with Crippen LogP contribution in [0.4, 0.5) is 5.69 Å². The van der Waals surface area contributed by atoms with Crippen LogP contribution in [0, 0.1) is 0 Å². The van der Waals surface area contributed by atoms with Crippen LogP contribution in [0.2, 0.25) is 0 Å². The van der Waals surface area contributed by atoms with Crippen molar-refractivity contribution in [2.75, 3.05) is 7.11 Å². The molecule has 0 aliphatic rings. The molecule has 134 valence electrons. The summed E-state index contributed by atoms with van der Waals surface area (Å²) in [6.45, 7) is 12.9. The largest absolute Gasteiger partial charge is 0.507 e. The van der Waals surface area contributed by atoms with Crippen molar-refractivity contribution >= 4 is 11.9 Å². The lowest BCUT2D eigenvalue weighted by Gasteiger charge is -2.26. The summed E-state index contributed by atoms with van der Waals surface area (Å²) < 4.78 is 5.17. The van der Waals surface area contributed by atoms with Gasteiger partial charge in [0.2, 0.25) is 0 Å². The molecule has 0 heterocycles. The van der Waals surface area contributed by atoms with Crippen LogP contribution in [-0.2, 0) is 10.8 Å². The Morgan fingerprint density at radius 2 is 1.52 bits per heavy atom. The van der Waals surface area contributed by atoms with E-state index in [2.05, 4.69) is 52.6 Å². The maximum Gasteiger partial charge on any atom is 0.128 e. The normalized spacial score (nSPS) is 12.6. The van der Waals surface area contributed by atoms with Gasteiger partial charge in [-0.25, -0.2) is 0 Å². The van der Waals surface area contributed by atoms with Gasteiger partial charge < -0.3 is 9.84 Å². The van der Waals surface area contributed by atoms with Gasteiger partial charge in [0.1, 0.15) is 11.5 Å². The Hall–Kier alpha value is -2.29. The highest BCUT2D eigenvalue weighted by Gasteiger charge is 2.24. The molecule has 2 rings (SSSR count). The summed E-state index contributed by atoms with van der Waals surface area (Å²) in [6, 6.07) is 11.7. The molecule has 3 heteroatoms. The Morgan fingerprint density at radius 3 is 2.00 bits per heavy atom. The molecule has 1 N–H and O–H groups in total. The third-order valence-corrected chi connectivity index (χ3v) is 4.24. The predicted molar refractivity (Wildman–Crippen MR) is 106 cm³/mol. The quantitative estimate of drug-likeness (QED) is 0.724. The van der Waals surface area contributed by atoms with E-state index in [0.29, 0.717) is 5.75 Å². The number of ether oxygens (including phenoxy) is 1. The molecule has 0 aliphatic carbocycles. The Labute approximate surface area is 151 Å². The maximum atomic E-state index is 10.8. The van der Waals surface area contributed by atoms with Crippen molar-refractivity contribution in [2.45, 2.75) is 52.4 Å². The second-order valence-electron chi connectivity index (χ2n) is 8.42. The van der Waals surface area contributed by atoms with Crippen LogP contribution >= 0.6 is 0 Å². The van der Waals surface area contributed by atoms with E-state index in [-0.39, 0.29) is 10.8 Å². The zero-order valence-corrected chi connectivity index (χ0v) is 16.3. The summed E-state index contributed by atoms with van der Waals surface area (Å²) in [4.78, 5) is 4.52. The fourth-order valence-electron chi connectivity index (χ4n) is 2.57. The number of methoxy groups -OCH3 is 1. The third-order valence-electron chi connectivity index (χ3n) is 4.24. The van der Waals surface area contributed by atoms with Crippen molar-refractivity contribution in [3.05, 3.63) is 53.1 Å². The van der Waals surface area contributed by atoms with Crippen molar-refractivity contribution in [2.24, 2.45) is 4.99 Å². The number of rotatable bonds is 3. The first-order valence-electron chi connectivity index (χ1n) is 8.58. The van der Waals surface area contributed by atoms with Crippen LogP contribution in [0.15, 0.2) is 41.4 Å². The topological polar surface area (TPSA) is 41.8 Å². The van der Waals surface area contributed by atoms with Crippen LogP contribution in [0.25, 0.3) is 0 Å². The molecule has 0 fully saturated rings. The van der Waals surface area contributed by atoms with Gasteiger partial charge in [-0.15, -0.1) is 0 Å². The Kier molecular flexibility index (Phi) is 5.26. The molecule has 0 spiro atoms. The highest BCUT2D eigenvalue weighted by Crippen LogP contribution is 2.37. The summed E-state index contributed by atoms with van der Waals surface area (Å²) in [5.41, 5.74) is 3.54. The fraction of sp³-hybridized carbons (Fsp3) is 0.409. The van der Waals surface area contributed by atoms with Gasteiger partial charge in [0, 0.05) is 17.3 Å². The van der Waals surface area contributed by atoms with E-state index in [9.17, 15) is 5.11 Å². The zero-order valence-electron chi connectivity index (χ0n) is 16.3. The first-order valence-corrected chi connectivity index (χ1v) is 8.58. The first kappa shape index (κ1) is 19.0. The monoisotopic (exact) mass is 339 g/mol. The standard InChI is InChI=1S/C22H29NO2/c1-21(2,3)16-12-15(20(24)19(13-16)22(4,5)6)14-23-17-8-10-18(25-7)11-9-17/h8-14,24H,1-7H3. The molecule has 0 unspecified atom stereocenters. The molecule has 0 atom stereocenters. The van der Waals surface area contributed by atoms with E-state index in [1.165, 1.54) is 5.56 Å². The van der Waals surface area contributed by atoms with E-state index in [0.717, 1.165) is 22.6 Å². The molecule has 0 saturated carbocycles. The molecule has 3 nitrogen and oxygen atoms in total. The number of phenols is 1. The predicted octanol–water partition coefficient (Wildman–Crippen LogP) is 5.75. The Morgan fingerprint density at radius 1 is 0.920 bits per heavy atom. The van der Waals surface area contributed by atoms with Crippen molar-refractivity contribution in [1.29, 1.82) is 0 Å². The number of aliphatic imine (C=N–C) groups is 1. The number of phenolic OH excluding ortho intramolecular Hbond substituents is 1. The second kappa shape index (κ2) is 6.91. The summed E-state index contributed by atoms with van der Waals surface area (Å²) in [7, 11) is 1.64. The van der Waals surface area contributed by atoms with E-state index in [4.69, 9.17) is 4.74 Å². The van der Waals surface area contributed by atoms with Crippen LogP contribution < -0.4 is 4.74 Å². The molecule has 25 heavy (non-hydrogen) atoms. The lowest BCUT2D eigenvalue weighted by Crippen LogP contribution is -2.17. The minimum absolute atomic E-state index is 0.00357. The van der Waals surface area contributed by atoms with E-state index in [1.807, 2.05) is 30.3 Å². The average molecular weight is 339 g/mol. The lowest BCUT2D eigenvalue weighted by atomic mass is 9.79. The molecule has 0 saturated heterocycles. The van der Waals surface area contributed by atoms with E-state index < -0.39 is 0 Å². The summed E-state index contributed by atoms with van der Waals surface area (Å²) >= 11 is 0. The summed E-state index contributed by atoms with van der Waals surface area (Å²) in [6.07, 6.45) is 1.74. The molecular formula is C22H29NO2. The van der Waals surface area contributed by atoms with Crippen molar-refractivity contribution in [1.82, 2.24) is 0 Å². The van der Waals surface area contributed by atoms with Gasteiger partial charge in [-0.1, -0.05) is 47.6 Å². The van der Waals surface area contributed by atoms with Crippen molar-refractivity contribution < 1.29 is 9.84 Å². The average Bonchev–Trinajstić information content (AvgIpc) is 2.52. The second-order valence-corrected chi connectivity index (χ2v) is 8.42. The van der Waals surface area contributed by atoms with Gasteiger partial charge >= 0.3 is 0 Å². The lowest BCUT2D eigenvalue weighted by molar-refractivity contribution is 0.415. The van der Waals surface area contributed by atoms with Crippen LogP contribution in [0.1, 0.15) is 58.2 Å². The third kappa shape index (κ3) is 4.62. The molecule has 0 amide bonds. The van der Waals surface area contributed by atoms with Gasteiger partial charge in [-0.2, -0.15) is 0 Å². The zero-order chi connectivity index (χ0) is 18.8. The Balaban J connectivity index is 2.49. The summed E-state index contributed by atoms with van der Waals surface area (Å²) in [5.74, 6) is 1.10. The van der Waals surface area contributed by atoms with Gasteiger partial charge in [0.25, 0.3) is 0 Å². The number of benzene rings is 2. The van der Waals surface area contributed by atoms with Gasteiger partial charge in [0.15, 0.2) is 0 Å². The van der Waals surface area contributed by atoms with E-state index >= 15 is 0 Å². The van der Waals surface area contributed by atoms with E-state index in [1.54, 1.807) is 13.3 Å². The number of aromatic hydroxyl groups is 1. The molecule has 0 aromatic heterocycles. The number of hydrogen-bond acceptors (Lipinski definition) is 3. The SMILES string of the molecule is COc1ccc(N=Cc2cc(C(C)(C)C)cc(C(C)(C)C)c2O)cc1. The fourth-order valence-corrected chi connectivity index (χ4v) is 2.57. The first-order chi connectivity index (χ1) is 11.5. The Bertz CT molecular complexity index is 760. The maximum absolute atomic E-state index is 10.8. The van der Waals surface area contributed by atoms with Gasteiger partial charge in [-0.3, -0.25) is 4.99 Å². The number of nitrogens with zero attached hydrogens (tertiary/aromatic N) is 1. The summed E-state index contributed by atoms with van der Waals surface area (Å²) in [5, 5.41) is 10.8. The van der Waals surface area contributed by atoms with Crippen molar-refractivity contribution in [3.63, 3.8) is 0 Å². The molecule has 0 bridgehead atoms. The van der Waals surface area contributed by atoms with Crippen LogP contribution in [0.3, 0.4) is 0 Å². The highest BCUT2D eigenvalue weighted by atomic mass is 16.5. The molecular weight excluding hydrogens is 310 g/mol. The smallest absolute Gasteiger partial charge is 0.128 e. The molecule has 0 aliphatic heterocycles. The van der Waals surface area contributed by atoms with Gasteiger partial charge in [0.05, 0.1) is 12.8 Å². The molecule has 0 radical (unpaired) electrons. The molecule has 2 aromatic rings. The molecule has 2 aromatic carbocycles. The minimum atomic E-state index is -0.145. The highest BCUT2D eigenvalue weighted by molar-refractivity contribution is 5.86. The minimum Gasteiger partial charge on any atom is -0.507 e. The van der Waals surface area contributed by atoms with Crippen LogP contribution in [0.5, 0.6) is 11.5 Å². The van der Waals surface area contributed by atoms with Crippen LogP contribution in [-0.4, -0.2) is 18.4 Å². The van der Waals surface area contributed by atoms with Gasteiger partial charge in [-0.05, 0) is 46.7 Å².